The summed E-state index contributed by atoms with van der Waals surface area (Å²) in [4.78, 5) is 25.4. The smallest absolute Gasteiger partial charge is 0.267 e. The van der Waals surface area contributed by atoms with Crippen LogP contribution in [0.4, 0.5) is 0 Å². The van der Waals surface area contributed by atoms with E-state index in [4.69, 9.17) is 58.0 Å². The zero-order chi connectivity index (χ0) is 19.9. The first-order valence-electron chi connectivity index (χ1n) is 6.90. The molecule has 138 valence electrons. The number of aryl methyl sites for hydroxylation is 2. The van der Waals surface area contributed by atoms with Crippen LogP contribution in [0.1, 0.15) is 16.7 Å². The van der Waals surface area contributed by atoms with Gasteiger partial charge in [0.15, 0.2) is 0 Å². The van der Waals surface area contributed by atoms with Crippen LogP contribution in [-0.4, -0.2) is 16.0 Å². The molecule has 0 aliphatic carbocycles. The molecule has 1 aromatic heterocycles. The Labute approximate surface area is 178 Å². The molecule has 2 rings (SSSR count). The zero-order valence-electron chi connectivity index (χ0n) is 13.3. The predicted octanol–water partition coefficient (Wildman–Crippen LogP) is 4.49. The molecule has 0 N–H and O–H groups in total. The molecule has 0 aliphatic rings. The van der Waals surface area contributed by atoms with E-state index in [9.17, 15) is 14.9 Å². The van der Waals surface area contributed by atoms with Crippen LogP contribution in [0.25, 0.3) is 5.69 Å². The molecule has 0 unspecified atom stereocenters. The van der Waals surface area contributed by atoms with E-state index in [2.05, 4.69) is 0 Å². The molecule has 5 nitrogen and oxygen atoms in total. The van der Waals surface area contributed by atoms with Gasteiger partial charge in [-0.25, -0.2) is 4.79 Å². The van der Waals surface area contributed by atoms with Crippen molar-refractivity contribution in [3.63, 3.8) is 0 Å². The lowest BCUT2D eigenvalue weighted by Crippen LogP contribution is -2.41. The van der Waals surface area contributed by atoms with Crippen molar-refractivity contribution >= 4 is 70.0 Å². The fourth-order valence-electron chi connectivity index (χ4n) is 2.20. The van der Waals surface area contributed by atoms with Crippen LogP contribution in [0.3, 0.4) is 0 Å². The lowest BCUT2D eigenvalue weighted by Gasteiger charge is -2.26. The summed E-state index contributed by atoms with van der Waals surface area (Å²) in [6.07, 6.45) is 1.16. The summed E-state index contributed by atoms with van der Waals surface area (Å²) >= 11 is 29.4. The molecule has 0 aliphatic heterocycles. The molecular formula is C15H10Cl5N3O2S. The third-order valence-electron chi connectivity index (χ3n) is 3.39. The van der Waals surface area contributed by atoms with E-state index < -0.39 is 18.7 Å². The number of aromatic nitrogens is 2. The topological polar surface area (TPSA) is 67.8 Å². The third-order valence-corrected chi connectivity index (χ3v) is 7.18. The molecule has 1 aromatic carbocycles. The van der Waals surface area contributed by atoms with Crippen LogP contribution in [0.2, 0.25) is 0 Å². The molecule has 0 radical (unpaired) electrons. The Hall–Kier alpha value is -0.810. The van der Waals surface area contributed by atoms with E-state index in [0.717, 1.165) is 17.3 Å². The van der Waals surface area contributed by atoms with Gasteiger partial charge in [0.2, 0.25) is 7.46 Å². The van der Waals surface area contributed by atoms with Crippen molar-refractivity contribution in [3.05, 3.63) is 61.9 Å². The molecule has 2 aromatic rings. The van der Waals surface area contributed by atoms with Gasteiger partial charge in [0.05, 0.1) is 5.69 Å². The van der Waals surface area contributed by atoms with Crippen LogP contribution in [0.5, 0.6) is 0 Å². The number of para-hydroxylation sites is 1. The van der Waals surface area contributed by atoms with Crippen LogP contribution in [0.15, 0.2) is 34.0 Å². The minimum atomic E-state index is -2.21. The first-order valence-corrected chi connectivity index (χ1v) is 9.56. The first kappa shape index (κ1) is 21.5. The van der Waals surface area contributed by atoms with Crippen molar-refractivity contribution in [2.45, 2.75) is 21.3 Å². The van der Waals surface area contributed by atoms with Crippen molar-refractivity contribution < 1.29 is 0 Å². The Balaban J connectivity index is 2.83. The molecule has 0 saturated heterocycles. The van der Waals surface area contributed by atoms with E-state index in [1.165, 1.54) is 4.57 Å². The summed E-state index contributed by atoms with van der Waals surface area (Å²) in [6.45, 7) is 3.58. The summed E-state index contributed by atoms with van der Waals surface area (Å²) in [5, 5.41) is 9.27. The number of rotatable bonds is 3. The largest absolute Gasteiger partial charge is 0.346 e. The number of halogens is 5. The second-order valence-corrected chi connectivity index (χ2v) is 10.5. The molecular weight excluding hydrogens is 464 g/mol. The summed E-state index contributed by atoms with van der Waals surface area (Å²) in [6, 6.07) is 7.14. The monoisotopic (exact) mass is 471 g/mol. The number of nitrogens with zero attached hydrogens (tertiary/aromatic N) is 3. The highest BCUT2D eigenvalue weighted by atomic mass is 35.6. The average Bonchev–Trinajstić information content (AvgIpc) is 2.52. The molecule has 0 spiro atoms. The molecule has 11 heteroatoms. The highest BCUT2D eigenvalue weighted by molar-refractivity contribution is 8.02. The fraction of sp³-hybridized carbons (Fsp3) is 0.267. The highest BCUT2D eigenvalue weighted by Gasteiger charge is 2.48. The van der Waals surface area contributed by atoms with Gasteiger partial charge in [-0.15, -0.1) is 0 Å². The molecule has 0 saturated carbocycles. The number of hydrogen-bond acceptors (Lipinski definition) is 4. The number of hydrogen-bond donors (Lipinski definition) is 0. The standard InChI is InChI=1S/C15H10Cl5N3O2S/c1-8-4-3-5-9(2)11(8)22-7-10(6-21)12(24)23(13(22)25)26-15(19,20)14(16,17)18/h3-5,7H,1-2H3. The van der Waals surface area contributed by atoms with Crippen LogP contribution >= 0.6 is 70.0 Å². The van der Waals surface area contributed by atoms with Crippen molar-refractivity contribution in [2.75, 3.05) is 0 Å². The molecule has 0 fully saturated rings. The van der Waals surface area contributed by atoms with Gasteiger partial charge >= 0.3 is 5.69 Å². The van der Waals surface area contributed by atoms with Crippen LogP contribution in [0, 0.1) is 25.2 Å². The Bertz CT molecular complexity index is 998. The molecule has 0 amide bonds. The Kier molecular flexibility index (Phi) is 6.34. The maximum Gasteiger partial charge on any atom is 0.346 e. The van der Waals surface area contributed by atoms with Gasteiger partial charge in [-0.05, 0) is 25.0 Å². The van der Waals surface area contributed by atoms with Gasteiger partial charge < -0.3 is 0 Å². The Morgan fingerprint density at radius 2 is 1.62 bits per heavy atom. The summed E-state index contributed by atoms with van der Waals surface area (Å²) in [5.74, 6) is 0. The van der Waals surface area contributed by atoms with E-state index in [1.54, 1.807) is 32.0 Å². The fourth-order valence-corrected chi connectivity index (χ4v) is 3.61. The Morgan fingerprint density at radius 1 is 1.08 bits per heavy atom. The van der Waals surface area contributed by atoms with E-state index in [1.807, 2.05) is 6.07 Å². The second kappa shape index (κ2) is 7.67. The summed E-state index contributed by atoms with van der Waals surface area (Å²) in [5.41, 5.74) is 0.0348. The minimum Gasteiger partial charge on any atom is -0.267 e. The SMILES string of the molecule is Cc1cccc(C)c1-n1cc(C#N)c(=O)n(SC(Cl)(Cl)C(Cl)(Cl)Cl)c1=O. The van der Waals surface area contributed by atoms with Crippen LogP contribution < -0.4 is 11.2 Å². The second-order valence-electron chi connectivity index (χ2n) is 5.25. The quantitative estimate of drug-likeness (QED) is 0.616. The number of nitriles is 1. The highest BCUT2D eigenvalue weighted by Crippen LogP contribution is 2.52. The zero-order valence-corrected chi connectivity index (χ0v) is 17.9. The van der Waals surface area contributed by atoms with Crippen molar-refractivity contribution in [3.8, 4) is 11.8 Å². The van der Waals surface area contributed by atoms with Gasteiger partial charge in [0.1, 0.15) is 11.6 Å². The number of benzene rings is 1. The van der Waals surface area contributed by atoms with E-state index in [-0.39, 0.29) is 5.56 Å². The minimum absolute atomic E-state index is 0.298. The van der Waals surface area contributed by atoms with E-state index in [0.29, 0.717) is 21.6 Å². The van der Waals surface area contributed by atoms with Gasteiger partial charge in [0.25, 0.3) is 5.56 Å². The van der Waals surface area contributed by atoms with Crippen molar-refractivity contribution in [2.24, 2.45) is 0 Å². The third kappa shape index (κ3) is 4.04. The summed E-state index contributed by atoms with van der Waals surface area (Å²) in [7, 11) is 0. The molecule has 26 heavy (non-hydrogen) atoms. The predicted molar refractivity (Wildman–Crippen MR) is 108 cm³/mol. The van der Waals surface area contributed by atoms with Crippen LogP contribution in [-0.2, 0) is 0 Å². The molecule has 0 atom stereocenters. The maximum absolute atomic E-state index is 12.9. The number of alkyl halides is 5. The van der Waals surface area contributed by atoms with Crippen molar-refractivity contribution in [1.29, 1.82) is 5.26 Å². The lowest BCUT2D eigenvalue weighted by atomic mass is 10.1. The molecule has 0 bridgehead atoms. The maximum atomic E-state index is 12.9. The molecule has 1 heterocycles. The van der Waals surface area contributed by atoms with Gasteiger partial charge in [0, 0.05) is 18.1 Å². The van der Waals surface area contributed by atoms with E-state index >= 15 is 0 Å². The van der Waals surface area contributed by atoms with Gasteiger partial charge in [-0.2, -0.15) is 9.23 Å². The first-order chi connectivity index (χ1) is 11.9. The summed E-state index contributed by atoms with van der Waals surface area (Å²) < 4.78 is -2.60. The van der Waals surface area contributed by atoms with Gasteiger partial charge in [-0.3, -0.25) is 9.36 Å². The Morgan fingerprint density at radius 3 is 2.08 bits per heavy atom. The van der Waals surface area contributed by atoms with Gasteiger partial charge in [-0.1, -0.05) is 76.2 Å². The average molecular weight is 474 g/mol. The lowest BCUT2D eigenvalue weighted by molar-refractivity contribution is 0.843. The van der Waals surface area contributed by atoms with Crippen molar-refractivity contribution in [1.82, 2.24) is 8.54 Å². The normalized spacial score (nSPS) is 12.1.